The average molecular weight is 655 g/mol. The third kappa shape index (κ3) is 16.3. The van der Waals surface area contributed by atoms with E-state index < -0.39 is 91.9 Å². The highest BCUT2D eigenvalue weighted by Gasteiger charge is 2.53. The zero-order chi connectivity index (χ0) is 34.6. The first-order chi connectivity index (χ1) is 21.7. The van der Waals surface area contributed by atoms with Gasteiger partial charge in [0.05, 0.1) is 0 Å². The third-order valence-corrected chi connectivity index (χ3v) is 6.09. The van der Waals surface area contributed by atoms with Crippen LogP contribution in [-0.2, 0) is 66.7 Å². The molecule has 0 aliphatic carbocycles. The average Bonchev–Trinajstić information content (AvgIpc) is 2.94. The van der Waals surface area contributed by atoms with Gasteiger partial charge in [0.25, 0.3) is 0 Å². The Morgan fingerprint density at radius 2 is 1.30 bits per heavy atom. The van der Waals surface area contributed by atoms with Crippen LogP contribution in [0.15, 0.2) is 36.5 Å². The van der Waals surface area contributed by atoms with Crippen molar-refractivity contribution >= 4 is 35.8 Å². The molecular weight excluding hydrogens is 608 g/mol. The minimum absolute atomic E-state index is 0.418. The molecule has 46 heavy (non-hydrogen) atoms. The largest absolute Gasteiger partial charge is 0.463 e. The molecule has 0 aromatic rings. The molecule has 1 heterocycles. The van der Waals surface area contributed by atoms with E-state index in [1.54, 1.807) is 12.2 Å². The van der Waals surface area contributed by atoms with Crippen LogP contribution >= 0.6 is 0 Å². The number of hydrogen-bond acceptors (Lipinski definition) is 14. The van der Waals surface area contributed by atoms with E-state index >= 15 is 0 Å². The molecule has 14 nitrogen and oxygen atoms in total. The zero-order valence-corrected chi connectivity index (χ0v) is 27.5. The second kappa shape index (κ2) is 21.7. The molecule has 14 heteroatoms. The summed E-state index contributed by atoms with van der Waals surface area (Å²) in [5.74, 6) is -4.47. The summed E-state index contributed by atoms with van der Waals surface area (Å²) in [5.41, 5.74) is 0. The summed E-state index contributed by atoms with van der Waals surface area (Å²) >= 11 is 0. The number of ether oxygens (including phenoxy) is 8. The van der Waals surface area contributed by atoms with Crippen LogP contribution in [0.3, 0.4) is 0 Å². The first kappa shape index (κ1) is 40.0. The van der Waals surface area contributed by atoms with Gasteiger partial charge in [0, 0.05) is 41.5 Å². The molecular formula is C32H46O14. The van der Waals surface area contributed by atoms with Gasteiger partial charge in [-0.25, -0.2) is 0 Å². The molecule has 0 N–H and O–H groups in total. The summed E-state index contributed by atoms with van der Waals surface area (Å²) in [7, 11) is 0. The normalized spacial score (nSPS) is 22.6. The third-order valence-electron chi connectivity index (χ3n) is 6.09. The molecule has 0 saturated carbocycles. The maximum absolute atomic E-state index is 12.2. The Bertz CT molecular complexity index is 1110. The number of allylic oxidation sites excluding steroid dienone is 5. The number of hydrogen-bond donors (Lipinski definition) is 0. The van der Waals surface area contributed by atoms with E-state index in [4.69, 9.17) is 37.9 Å². The van der Waals surface area contributed by atoms with Gasteiger partial charge in [-0.3, -0.25) is 28.8 Å². The molecule has 7 atom stereocenters. The molecule has 1 aliphatic rings. The number of esters is 6. The number of carbonyl (C=O) groups excluding carboxylic acids is 6. The van der Waals surface area contributed by atoms with E-state index in [0.717, 1.165) is 53.9 Å². The monoisotopic (exact) mass is 654 g/mol. The molecule has 0 amide bonds. The molecule has 1 fully saturated rings. The Morgan fingerprint density at radius 1 is 0.696 bits per heavy atom. The van der Waals surface area contributed by atoms with Gasteiger partial charge in [0.15, 0.2) is 30.7 Å². The molecule has 0 aromatic carbocycles. The van der Waals surface area contributed by atoms with E-state index in [2.05, 4.69) is 13.0 Å². The van der Waals surface area contributed by atoms with Gasteiger partial charge >= 0.3 is 35.8 Å². The van der Waals surface area contributed by atoms with E-state index in [1.807, 2.05) is 12.2 Å². The Morgan fingerprint density at radius 3 is 1.87 bits per heavy atom. The molecule has 0 radical (unpaired) electrons. The fourth-order valence-corrected chi connectivity index (χ4v) is 4.26. The lowest BCUT2D eigenvalue weighted by atomic mass is 9.98. The fourth-order valence-electron chi connectivity index (χ4n) is 4.26. The summed E-state index contributed by atoms with van der Waals surface area (Å²) < 4.78 is 44.1. The maximum Gasteiger partial charge on any atom is 0.303 e. The van der Waals surface area contributed by atoms with Crippen molar-refractivity contribution in [3.8, 4) is 0 Å². The van der Waals surface area contributed by atoms with Gasteiger partial charge in [0.1, 0.15) is 25.4 Å². The summed E-state index contributed by atoms with van der Waals surface area (Å²) in [6.07, 6.45) is 5.00. The smallest absolute Gasteiger partial charge is 0.303 e. The van der Waals surface area contributed by atoms with Crippen molar-refractivity contribution < 1.29 is 66.7 Å². The Kier molecular flexibility index (Phi) is 18.8. The molecule has 0 aromatic heterocycles. The summed E-state index contributed by atoms with van der Waals surface area (Å²) in [6.45, 7) is 8.00. The highest BCUT2D eigenvalue weighted by Crippen LogP contribution is 2.31. The van der Waals surface area contributed by atoms with E-state index in [1.165, 1.54) is 13.0 Å². The van der Waals surface area contributed by atoms with Crippen molar-refractivity contribution in [3.63, 3.8) is 0 Å². The van der Waals surface area contributed by atoms with Crippen molar-refractivity contribution in [1.29, 1.82) is 0 Å². The highest BCUT2D eigenvalue weighted by molar-refractivity contribution is 5.69. The van der Waals surface area contributed by atoms with Gasteiger partial charge in [0.2, 0.25) is 0 Å². The van der Waals surface area contributed by atoms with Crippen LogP contribution in [0.25, 0.3) is 0 Å². The van der Waals surface area contributed by atoms with Crippen molar-refractivity contribution in [1.82, 2.24) is 0 Å². The first-order valence-electron chi connectivity index (χ1n) is 15.0. The summed E-state index contributed by atoms with van der Waals surface area (Å²) in [5, 5.41) is 0. The minimum atomic E-state index is -1.57. The lowest BCUT2D eigenvalue weighted by molar-refractivity contribution is -0.318. The molecule has 1 rings (SSSR count). The lowest BCUT2D eigenvalue weighted by Crippen LogP contribution is -2.63. The van der Waals surface area contributed by atoms with Crippen molar-refractivity contribution in [3.05, 3.63) is 36.5 Å². The SMILES string of the molecule is CCCC/C=C\C/C=C/C=C/[C@H](O[C@@H]1O[C@H](COC(C)=O)[C@H](OC(C)=O)[C@H](OC(C)=O)[C@H]1OC(C)=O)[C@@H](COC(C)=O)OC(C)=O. The van der Waals surface area contributed by atoms with Crippen LogP contribution in [0.4, 0.5) is 0 Å². The van der Waals surface area contributed by atoms with Crippen molar-refractivity contribution in [2.75, 3.05) is 13.2 Å². The van der Waals surface area contributed by atoms with Crippen LogP contribution in [0.1, 0.15) is 74.1 Å². The van der Waals surface area contributed by atoms with E-state index in [0.29, 0.717) is 6.42 Å². The van der Waals surface area contributed by atoms with Gasteiger partial charge in [-0.15, -0.1) is 0 Å². The number of carbonyl (C=O) groups is 6. The maximum atomic E-state index is 12.2. The van der Waals surface area contributed by atoms with E-state index in [9.17, 15) is 28.8 Å². The quantitative estimate of drug-likeness (QED) is 0.0692. The Balaban J connectivity index is 3.57. The fraction of sp³-hybridized carbons (Fsp3) is 0.625. The Labute approximate surface area is 269 Å². The van der Waals surface area contributed by atoms with Crippen molar-refractivity contribution in [2.45, 2.75) is 117 Å². The van der Waals surface area contributed by atoms with Crippen LogP contribution in [0.2, 0.25) is 0 Å². The molecule has 0 unspecified atom stereocenters. The highest BCUT2D eigenvalue weighted by atomic mass is 16.7. The van der Waals surface area contributed by atoms with Crippen LogP contribution in [0, 0.1) is 0 Å². The Hall–Kier alpha value is -4.04. The lowest BCUT2D eigenvalue weighted by Gasteiger charge is -2.45. The van der Waals surface area contributed by atoms with E-state index in [-0.39, 0.29) is 0 Å². The van der Waals surface area contributed by atoms with Gasteiger partial charge < -0.3 is 37.9 Å². The summed E-state index contributed by atoms with van der Waals surface area (Å²) in [4.78, 5) is 71.7. The molecule has 258 valence electrons. The topological polar surface area (TPSA) is 176 Å². The molecule has 1 saturated heterocycles. The zero-order valence-electron chi connectivity index (χ0n) is 27.5. The molecule has 1 aliphatic heterocycles. The van der Waals surface area contributed by atoms with Crippen LogP contribution in [-0.4, -0.2) is 91.9 Å². The second-order valence-electron chi connectivity index (χ2n) is 10.3. The van der Waals surface area contributed by atoms with Gasteiger partial charge in [-0.1, -0.05) is 56.2 Å². The first-order valence-corrected chi connectivity index (χ1v) is 15.0. The predicted molar refractivity (Wildman–Crippen MR) is 161 cm³/mol. The van der Waals surface area contributed by atoms with Gasteiger partial charge in [-0.2, -0.15) is 0 Å². The predicted octanol–water partition coefficient (Wildman–Crippen LogP) is 3.20. The number of unbranched alkanes of at least 4 members (excludes halogenated alkanes) is 2. The standard InChI is InChI=1S/C32H46O14/c1-8-9-10-11-12-13-14-15-16-17-26(27(41-22(4)35)18-39-20(2)33)45-32-31(44-25(7)38)30(43-24(6)37)29(42-23(5)36)28(46-32)19-40-21(3)34/h11-12,14-17,26-32H,8-10,13,18-19H2,1-7H3/b12-11-,15-14+,17-16+/t26-,27+,28+,29-,30-,31+,32+/m0/s1. The summed E-state index contributed by atoms with van der Waals surface area (Å²) in [6, 6.07) is 0. The van der Waals surface area contributed by atoms with Crippen molar-refractivity contribution in [2.24, 2.45) is 0 Å². The van der Waals surface area contributed by atoms with Gasteiger partial charge in [-0.05, 0) is 12.8 Å². The minimum Gasteiger partial charge on any atom is -0.463 e. The molecule has 0 spiro atoms. The molecule has 0 bridgehead atoms. The van der Waals surface area contributed by atoms with Crippen LogP contribution in [0.5, 0.6) is 0 Å². The number of rotatable bonds is 18. The second-order valence-corrected chi connectivity index (χ2v) is 10.3. The van der Waals surface area contributed by atoms with Crippen LogP contribution < -0.4 is 0 Å².